The smallest absolute Gasteiger partial charge is 0.283 e. The molecule has 3 aromatic rings. The maximum absolute atomic E-state index is 13.5. The van der Waals surface area contributed by atoms with Crippen molar-refractivity contribution in [1.29, 1.82) is 0 Å². The van der Waals surface area contributed by atoms with Crippen LogP contribution in [0.2, 0.25) is 0 Å². The molecule has 3 aromatic carbocycles. The number of thioether (sulfide) groups is 1. The van der Waals surface area contributed by atoms with Crippen LogP contribution >= 0.6 is 11.8 Å². The van der Waals surface area contributed by atoms with E-state index in [9.17, 15) is 9.59 Å². The van der Waals surface area contributed by atoms with Crippen molar-refractivity contribution in [1.82, 2.24) is 0 Å². The van der Waals surface area contributed by atoms with Crippen molar-refractivity contribution >= 4 is 40.4 Å². The van der Waals surface area contributed by atoms with Crippen molar-refractivity contribution in [3.63, 3.8) is 0 Å². The van der Waals surface area contributed by atoms with Gasteiger partial charge in [0.1, 0.15) is 24.7 Å². The van der Waals surface area contributed by atoms with Crippen LogP contribution in [-0.4, -0.2) is 42.9 Å². The number of amidine groups is 1. The molecule has 0 spiro atoms. The standard InChI is InChI=1S/C29H26N2O5S/c1-18-12-19(2)14-22(13-18)31-28(33)24(15-20-4-7-23(34-3)8-5-20)30-29(31)37-17-25(32)21-6-9-26-27(16-21)36-11-10-35-26/h4-9,12-16H,10-11,17H2,1-3H3/b24-15-. The van der Waals surface area contributed by atoms with Crippen molar-refractivity contribution in [2.75, 3.05) is 31.0 Å². The molecule has 188 valence electrons. The van der Waals surface area contributed by atoms with Crippen LogP contribution in [-0.2, 0) is 4.79 Å². The number of methoxy groups -OCH3 is 1. The minimum Gasteiger partial charge on any atom is -0.497 e. The largest absolute Gasteiger partial charge is 0.497 e. The van der Waals surface area contributed by atoms with Crippen molar-refractivity contribution < 1.29 is 23.8 Å². The van der Waals surface area contributed by atoms with Gasteiger partial charge < -0.3 is 14.2 Å². The van der Waals surface area contributed by atoms with Crippen molar-refractivity contribution in [3.05, 3.63) is 88.6 Å². The third-order valence-corrected chi connectivity index (χ3v) is 6.85. The molecule has 8 heteroatoms. The second-order valence-electron chi connectivity index (χ2n) is 8.75. The van der Waals surface area contributed by atoms with Gasteiger partial charge in [0.05, 0.1) is 18.6 Å². The van der Waals surface area contributed by atoms with Gasteiger partial charge in [0.2, 0.25) is 0 Å². The Bertz CT molecular complexity index is 1410. The molecule has 0 bridgehead atoms. The number of amides is 1. The first kappa shape index (κ1) is 24.6. The summed E-state index contributed by atoms with van der Waals surface area (Å²) in [4.78, 5) is 32.8. The van der Waals surface area contributed by atoms with Crippen molar-refractivity contribution in [2.24, 2.45) is 4.99 Å². The fraction of sp³-hybridized carbons (Fsp3) is 0.207. The Morgan fingerprint density at radius 3 is 2.41 bits per heavy atom. The third kappa shape index (κ3) is 5.39. The van der Waals surface area contributed by atoms with Gasteiger partial charge in [-0.15, -0.1) is 0 Å². The first-order chi connectivity index (χ1) is 17.9. The van der Waals surface area contributed by atoms with Gasteiger partial charge in [0.25, 0.3) is 5.91 Å². The molecule has 0 fully saturated rings. The summed E-state index contributed by atoms with van der Waals surface area (Å²) in [7, 11) is 1.61. The lowest BCUT2D eigenvalue weighted by molar-refractivity contribution is -0.113. The van der Waals surface area contributed by atoms with Crippen LogP contribution in [0.1, 0.15) is 27.0 Å². The second-order valence-corrected chi connectivity index (χ2v) is 9.70. The number of aryl methyl sites for hydroxylation is 2. The molecule has 0 radical (unpaired) electrons. The summed E-state index contributed by atoms with van der Waals surface area (Å²) in [6, 6.07) is 18.5. The molecule has 0 N–H and O–H groups in total. The predicted octanol–water partition coefficient (Wildman–Crippen LogP) is 5.44. The number of ketones is 1. The summed E-state index contributed by atoms with van der Waals surface area (Å²) in [5.74, 6) is 1.71. The Morgan fingerprint density at radius 2 is 1.70 bits per heavy atom. The van der Waals surface area contributed by atoms with E-state index in [1.807, 2.05) is 56.3 Å². The summed E-state index contributed by atoms with van der Waals surface area (Å²) >= 11 is 1.24. The minimum atomic E-state index is -0.241. The first-order valence-electron chi connectivity index (χ1n) is 11.8. The molecular formula is C29H26N2O5S. The van der Waals surface area contributed by atoms with Crippen LogP contribution in [0.25, 0.3) is 6.08 Å². The molecule has 0 atom stereocenters. The van der Waals surface area contributed by atoms with Gasteiger partial charge in [-0.1, -0.05) is 30.0 Å². The maximum atomic E-state index is 13.5. The number of nitrogens with zero attached hydrogens (tertiary/aromatic N) is 2. The molecule has 5 rings (SSSR count). The Balaban J connectivity index is 1.42. The second kappa shape index (κ2) is 10.5. The fourth-order valence-corrected chi connectivity index (χ4v) is 5.10. The number of ether oxygens (including phenoxy) is 3. The van der Waals surface area contributed by atoms with Crippen LogP contribution < -0.4 is 19.1 Å². The third-order valence-electron chi connectivity index (χ3n) is 5.91. The summed E-state index contributed by atoms with van der Waals surface area (Å²) in [5.41, 5.74) is 4.44. The lowest BCUT2D eigenvalue weighted by Gasteiger charge is -2.19. The van der Waals surface area contributed by atoms with E-state index in [1.165, 1.54) is 11.8 Å². The molecular weight excluding hydrogens is 488 g/mol. The highest BCUT2D eigenvalue weighted by Gasteiger charge is 2.33. The lowest BCUT2D eigenvalue weighted by Crippen LogP contribution is -2.31. The van der Waals surface area contributed by atoms with Gasteiger partial charge in [-0.2, -0.15) is 0 Å². The zero-order valence-electron chi connectivity index (χ0n) is 20.8. The number of Topliss-reactive ketones (excluding diaryl/α,β-unsaturated/α-hetero) is 1. The number of carbonyl (C=O) groups excluding carboxylic acids is 2. The number of aliphatic imine (C=N–C) groups is 1. The normalized spacial score (nSPS) is 15.6. The van der Waals surface area contributed by atoms with Gasteiger partial charge in [-0.25, -0.2) is 4.99 Å². The monoisotopic (exact) mass is 514 g/mol. The average molecular weight is 515 g/mol. The van der Waals surface area contributed by atoms with Crippen LogP contribution in [0.15, 0.2) is 71.4 Å². The van der Waals surface area contributed by atoms with Crippen molar-refractivity contribution in [2.45, 2.75) is 13.8 Å². The van der Waals surface area contributed by atoms with Crippen LogP contribution in [0.5, 0.6) is 17.2 Å². The van der Waals surface area contributed by atoms with Crippen molar-refractivity contribution in [3.8, 4) is 17.2 Å². The molecule has 0 saturated heterocycles. The number of anilines is 1. The Hall–Kier alpha value is -4.04. The quantitative estimate of drug-likeness (QED) is 0.322. The maximum Gasteiger partial charge on any atom is 0.283 e. The average Bonchev–Trinajstić information content (AvgIpc) is 3.21. The van der Waals surface area contributed by atoms with E-state index in [0.29, 0.717) is 41.1 Å². The lowest BCUT2D eigenvalue weighted by atomic mass is 10.1. The summed E-state index contributed by atoms with van der Waals surface area (Å²) in [5, 5.41) is 0.459. The fourth-order valence-electron chi connectivity index (χ4n) is 4.19. The summed E-state index contributed by atoms with van der Waals surface area (Å²) < 4.78 is 16.4. The van der Waals surface area contributed by atoms with Gasteiger partial charge in [-0.05, 0) is 79.1 Å². The number of fused-ring (bicyclic) bond motifs is 1. The van der Waals surface area contributed by atoms with E-state index < -0.39 is 0 Å². The highest BCUT2D eigenvalue weighted by Crippen LogP contribution is 2.33. The minimum absolute atomic E-state index is 0.0925. The van der Waals surface area contributed by atoms with E-state index in [0.717, 1.165) is 28.1 Å². The number of rotatable bonds is 6. The molecule has 0 aliphatic carbocycles. The Labute approximate surface area is 219 Å². The molecule has 0 saturated carbocycles. The van der Waals surface area contributed by atoms with E-state index in [-0.39, 0.29) is 17.4 Å². The number of hydrogen-bond donors (Lipinski definition) is 0. The number of benzene rings is 3. The van der Waals surface area contributed by atoms with E-state index in [4.69, 9.17) is 14.2 Å². The summed E-state index contributed by atoms with van der Waals surface area (Å²) in [6.07, 6.45) is 1.74. The highest BCUT2D eigenvalue weighted by molar-refractivity contribution is 8.14. The van der Waals surface area contributed by atoms with Crippen LogP contribution in [0.4, 0.5) is 5.69 Å². The predicted molar refractivity (Wildman–Crippen MR) is 146 cm³/mol. The number of carbonyl (C=O) groups is 2. The van der Waals surface area contributed by atoms with E-state index in [1.54, 1.807) is 36.3 Å². The molecule has 2 aliphatic heterocycles. The zero-order chi connectivity index (χ0) is 25.9. The van der Waals surface area contributed by atoms with Gasteiger partial charge >= 0.3 is 0 Å². The SMILES string of the molecule is COc1ccc(/C=C2\N=C(SCC(=O)c3ccc4c(c3)OCCO4)N(c3cc(C)cc(C)c3)C2=O)cc1. The van der Waals surface area contributed by atoms with Crippen LogP contribution in [0, 0.1) is 13.8 Å². The molecule has 2 heterocycles. The topological polar surface area (TPSA) is 77.4 Å². The van der Waals surface area contributed by atoms with Gasteiger partial charge in [0.15, 0.2) is 22.4 Å². The van der Waals surface area contributed by atoms with Gasteiger partial charge in [-0.3, -0.25) is 14.5 Å². The van der Waals surface area contributed by atoms with Crippen LogP contribution in [0.3, 0.4) is 0 Å². The Kier molecular flexibility index (Phi) is 7.01. The first-order valence-corrected chi connectivity index (χ1v) is 12.8. The molecule has 1 amide bonds. The Morgan fingerprint density at radius 1 is 1.00 bits per heavy atom. The molecule has 37 heavy (non-hydrogen) atoms. The zero-order valence-corrected chi connectivity index (χ0v) is 21.6. The molecule has 0 unspecified atom stereocenters. The van der Waals surface area contributed by atoms with E-state index in [2.05, 4.69) is 4.99 Å². The molecule has 7 nitrogen and oxygen atoms in total. The number of hydrogen-bond acceptors (Lipinski definition) is 7. The highest BCUT2D eigenvalue weighted by atomic mass is 32.2. The molecule has 2 aliphatic rings. The molecule has 0 aromatic heterocycles. The van der Waals surface area contributed by atoms with Gasteiger partial charge in [0, 0.05) is 5.56 Å². The van der Waals surface area contributed by atoms with E-state index >= 15 is 0 Å². The summed E-state index contributed by atoms with van der Waals surface area (Å²) in [6.45, 7) is 4.91.